The van der Waals surface area contributed by atoms with Crippen molar-refractivity contribution in [3.63, 3.8) is 0 Å². The molecule has 0 saturated heterocycles. The number of fused-ring (bicyclic) bond motifs is 1. The second-order valence-corrected chi connectivity index (χ2v) is 9.99. The number of thiazole rings is 1. The molecular weight excluding hydrogens is 537 g/mol. The van der Waals surface area contributed by atoms with Crippen LogP contribution in [0.15, 0.2) is 52.4 Å². The molecule has 39 heavy (non-hydrogen) atoms. The Morgan fingerprint density at radius 1 is 1.18 bits per heavy atom. The van der Waals surface area contributed by atoms with Gasteiger partial charge in [0.25, 0.3) is 0 Å². The molecule has 0 bridgehead atoms. The average Bonchev–Trinajstić information content (AvgIpc) is 3.68. The highest BCUT2D eigenvalue weighted by Gasteiger charge is 2.32. The molecule has 0 radical (unpaired) electrons. The van der Waals surface area contributed by atoms with Gasteiger partial charge in [0, 0.05) is 17.9 Å². The Morgan fingerprint density at radius 2 is 1.92 bits per heavy atom. The van der Waals surface area contributed by atoms with Crippen LogP contribution in [0.25, 0.3) is 10.2 Å². The van der Waals surface area contributed by atoms with E-state index in [0.29, 0.717) is 23.8 Å². The van der Waals surface area contributed by atoms with E-state index in [4.69, 9.17) is 19.0 Å². The first-order chi connectivity index (χ1) is 18.7. The molecule has 1 unspecified atom stereocenters. The van der Waals surface area contributed by atoms with Gasteiger partial charge in [-0.05, 0) is 49.6 Å². The fourth-order valence-corrected chi connectivity index (χ4v) is 5.04. The van der Waals surface area contributed by atoms with Gasteiger partial charge in [0.15, 0.2) is 6.10 Å². The number of nitrogens with zero attached hydrogens (tertiary/aromatic N) is 2. The van der Waals surface area contributed by atoms with Gasteiger partial charge in [-0.3, -0.25) is 9.36 Å². The van der Waals surface area contributed by atoms with Crippen molar-refractivity contribution in [2.45, 2.75) is 45.0 Å². The smallest absolute Gasteiger partial charge is 0.411 e. The molecule has 1 saturated carbocycles. The van der Waals surface area contributed by atoms with E-state index in [1.165, 1.54) is 7.11 Å². The van der Waals surface area contributed by atoms with Gasteiger partial charge in [0.1, 0.15) is 26.1 Å². The number of halogens is 3. The van der Waals surface area contributed by atoms with E-state index in [1.54, 1.807) is 35.8 Å². The fraction of sp³-hybridized carbons (Fsp3) is 0.444. The number of aromatic nitrogens is 1. The Morgan fingerprint density at radius 3 is 2.56 bits per heavy atom. The summed E-state index contributed by atoms with van der Waals surface area (Å²) in [7, 11) is 1.52. The van der Waals surface area contributed by atoms with Crippen LogP contribution in [0.3, 0.4) is 0 Å². The number of benzene rings is 2. The standard InChI is InChI=1S/C27H29F3N2O6S/c1-3-36-25(33)22(38-16-27(28,29)30)14-17-4-9-20(10-5-17)37-13-12-32-21-11-8-19(15-23(21)39-26(32)34)24(31-35-2)18-6-7-18/h4-5,8-11,15,18,22H,3,6-7,12-14,16H2,1-2H3/b31-24-. The Hall–Kier alpha value is -3.38. The number of hydrogen-bond donors (Lipinski definition) is 0. The maximum atomic E-state index is 12.6. The number of oxime groups is 1. The van der Waals surface area contributed by atoms with E-state index in [-0.39, 0.29) is 24.5 Å². The van der Waals surface area contributed by atoms with E-state index >= 15 is 0 Å². The van der Waals surface area contributed by atoms with Crippen LogP contribution in [0.4, 0.5) is 13.2 Å². The molecule has 2 aromatic carbocycles. The summed E-state index contributed by atoms with van der Waals surface area (Å²) in [5.41, 5.74) is 3.25. The van der Waals surface area contributed by atoms with Gasteiger partial charge < -0.3 is 19.0 Å². The highest BCUT2D eigenvalue weighted by atomic mass is 32.1. The highest BCUT2D eigenvalue weighted by Crippen LogP contribution is 2.34. The normalized spacial score (nSPS) is 14.8. The molecule has 3 aromatic rings. The van der Waals surface area contributed by atoms with Gasteiger partial charge in [-0.15, -0.1) is 0 Å². The van der Waals surface area contributed by atoms with Crippen molar-refractivity contribution in [3.05, 3.63) is 63.3 Å². The van der Waals surface area contributed by atoms with E-state index < -0.39 is 24.9 Å². The number of carbonyl (C=O) groups is 1. The zero-order valence-electron chi connectivity index (χ0n) is 21.5. The second-order valence-electron chi connectivity index (χ2n) is 9.00. The maximum absolute atomic E-state index is 12.6. The van der Waals surface area contributed by atoms with Crippen LogP contribution < -0.4 is 9.61 Å². The van der Waals surface area contributed by atoms with Gasteiger partial charge in [-0.1, -0.05) is 34.7 Å². The predicted octanol–water partition coefficient (Wildman–Crippen LogP) is 4.96. The van der Waals surface area contributed by atoms with Crippen LogP contribution in [0.2, 0.25) is 0 Å². The molecular formula is C27H29F3N2O6S. The quantitative estimate of drug-likeness (QED) is 0.165. The number of alkyl halides is 3. The van der Waals surface area contributed by atoms with Gasteiger partial charge >= 0.3 is 17.0 Å². The summed E-state index contributed by atoms with van der Waals surface area (Å²) in [4.78, 5) is 29.6. The molecule has 1 fully saturated rings. The summed E-state index contributed by atoms with van der Waals surface area (Å²) >= 11 is 1.16. The van der Waals surface area contributed by atoms with Crippen LogP contribution in [0.5, 0.6) is 5.75 Å². The Labute approximate surface area is 226 Å². The van der Waals surface area contributed by atoms with Crippen molar-refractivity contribution in [1.29, 1.82) is 0 Å². The van der Waals surface area contributed by atoms with Gasteiger partial charge in [-0.25, -0.2) is 4.79 Å². The van der Waals surface area contributed by atoms with Gasteiger partial charge in [0.2, 0.25) is 0 Å². The van der Waals surface area contributed by atoms with Crippen molar-refractivity contribution < 1.29 is 37.0 Å². The molecule has 1 aliphatic rings. The largest absolute Gasteiger partial charge is 0.492 e. The lowest BCUT2D eigenvalue weighted by Gasteiger charge is -2.18. The molecule has 210 valence electrons. The number of rotatable bonds is 13. The number of carbonyl (C=O) groups excluding carboxylic acids is 1. The lowest BCUT2D eigenvalue weighted by molar-refractivity contribution is -0.194. The summed E-state index contributed by atoms with van der Waals surface area (Å²) in [6.45, 7) is 0.615. The first kappa shape index (κ1) is 28.6. The van der Waals surface area contributed by atoms with E-state index in [0.717, 1.165) is 45.7 Å². The van der Waals surface area contributed by atoms with E-state index in [9.17, 15) is 22.8 Å². The van der Waals surface area contributed by atoms with Crippen molar-refractivity contribution in [2.24, 2.45) is 11.1 Å². The molecule has 1 atom stereocenters. The summed E-state index contributed by atoms with van der Waals surface area (Å²) in [6, 6.07) is 12.4. The third-order valence-corrected chi connectivity index (χ3v) is 6.99. The summed E-state index contributed by atoms with van der Waals surface area (Å²) in [5, 5.41) is 4.17. The van der Waals surface area contributed by atoms with Crippen LogP contribution in [0, 0.1) is 5.92 Å². The predicted molar refractivity (Wildman–Crippen MR) is 140 cm³/mol. The first-order valence-corrected chi connectivity index (χ1v) is 13.3. The van der Waals surface area contributed by atoms with Crippen molar-refractivity contribution >= 4 is 33.2 Å². The monoisotopic (exact) mass is 566 g/mol. The summed E-state index contributed by atoms with van der Waals surface area (Å²) in [5.74, 6) is 0.0594. The maximum Gasteiger partial charge on any atom is 0.411 e. The van der Waals surface area contributed by atoms with Crippen LogP contribution in [-0.4, -0.2) is 55.5 Å². The number of esters is 1. The van der Waals surface area contributed by atoms with Crippen molar-refractivity contribution in [1.82, 2.24) is 4.57 Å². The summed E-state index contributed by atoms with van der Waals surface area (Å²) < 4.78 is 55.6. The van der Waals surface area contributed by atoms with Gasteiger partial charge in [0.05, 0.1) is 29.1 Å². The molecule has 12 heteroatoms. The minimum Gasteiger partial charge on any atom is -0.492 e. The lowest BCUT2D eigenvalue weighted by Crippen LogP contribution is -2.32. The van der Waals surface area contributed by atoms with E-state index in [1.807, 2.05) is 18.2 Å². The Bertz CT molecular complexity index is 1360. The topological polar surface area (TPSA) is 88.4 Å². The SMILES string of the molecule is CCOC(=O)C(Cc1ccc(OCCn2c(=O)sc3cc(/C(=N\OC)C4CC4)ccc32)cc1)OCC(F)(F)F. The van der Waals surface area contributed by atoms with Crippen LogP contribution in [-0.2, 0) is 32.1 Å². The molecule has 0 spiro atoms. The molecule has 0 aliphatic heterocycles. The highest BCUT2D eigenvalue weighted by molar-refractivity contribution is 7.16. The molecule has 4 rings (SSSR count). The minimum absolute atomic E-state index is 0.0325. The first-order valence-electron chi connectivity index (χ1n) is 12.5. The lowest BCUT2D eigenvalue weighted by atomic mass is 10.1. The van der Waals surface area contributed by atoms with Crippen molar-refractivity contribution in [2.75, 3.05) is 26.9 Å². The molecule has 1 heterocycles. The molecule has 0 amide bonds. The van der Waals surface area contributed by atoms with Crippen LogP contribution >= 0.6 is 11.3 Å². The molecule has 1 aromatic heterocycles. The molecule has 1 aliphatic carbocycles. The van der Waals surface area contributed by atoms with Gasteiger partial charge in [-0.2, -0.15) is 13.2 Å². The zero-order chi connectivity index (χ0) is 28.0. The number of ether oxygens (including phenoxy) is 3. The fourth-order valence-electron chi connectivity index (χ4n) is 4.09. The number of hydrogen-bond acceptors (Lipinski definition) is 8. The third kappa shape index (κ3) is 7.82. The Kier molecular flexibility index (Phi) is 9.28. The Balaban J connectivity index is 1.36. The van der Waals surface area contributed by atoms with Crippen LogP contribution in [0.1, 0.15) is 30.9 Å². The molecule has 8 nitrogen and oxygen atoms in total. The zero-order valence-corrected chi connectivity index (χ0v) is 22.3. The molecule has 0 N–H and O–H groups in total. The average molecular weight is 567 g/mol. The third-order valence-electron chi connectivity index (χ3n) is 6.04. The van der Waals surface area contributed by atoms with Crippen molar-refractivity contribution in [3.8, 4) is 5.75 Å². The van der Waals surface area contributed by atoms with E-state index in [2.05, 4.69) is 5.16 Å². The minimum atomic E-state index is -4.56. The second kappa shape index (κ2) is 12.6. The summed E-state index contributed by atoms with van der Waals surface area (Å²) in [6.07, 6.45) is -3.86.